The third-order valence-corrected chi connectivity index (χ3v) is 4.35. The van der Waals surface area contributed by atoms with Crippen LogP contribution in [-0.2, 0) is 9.59 Å². The molecule has 0 saturated carbocycles. The summed E-state index contributed by atoms with van der Waals surface area (Å²) in [5.74, 6) is -0.0938. The van der Waals surface area contributed by atoms with E-state index < -0.39 is 0 Å². The van der Waals surface area contributed by atoms with Gasteiger partial charge in [0.05, 0.1) is 5.41 Å². The van der Waals surface area contributed by atoms with E-state index >= 15 is 0 Å². The Morgan fingerprint density at radius 2 is 1.68 bits per heavy atom. The van der Waals surface area contributed by atoms with E-state index in [0.29, 0.717) is 31.0 Å². The first-order chi connectivity index (χ1) is 10.2. The Kier molecular flexibility index (Phi) is 8.53. The zero-order valence-corrected chi connectivity index (χ0v) is 15.5. The lowest BCUT2D eigenvalue weighted by Crippen LogP contribution is -2.50. The van der Waals surface area contributed by atoms with Gasteiger partial charge in [0, 0.05) is 32.2 Å². The molecule has 0 spiro atoms. The van der Waals surface area contributed by atoms with E-state index in [4.69, 9.17) is 17.3 Å². The van der Waals surface area contributed by atoms with Crippen LogP contribution in [0.25, 0.3) is 0 Å². The van der Waals surface area contributed by atoms with E-state index in [1.807, 2.05) is 20.8 Å². The molecule has 128 valence electrons. The number of carbonyl (C=O) groups is 2. The Balaban J connectivity index is 0.00000211. The highest BCUT2D eigenvalue weighted by molar-refractivity contribution is 6.31. The van der Waals surface area contributed by atoms with Gasteiger partial charge >= 0.3 is 0 Å². The Labute approximate surface area is 139 Å². The summed E-state index contributed by atoms with van der Waals surface area (Å²) in [6, 6.07) is 0. The summed E-state index contributed by atoms with van der Waals surface area (Å²) in [4.78, 5) is 27.8. The highest BCUT2D eigenvalue weighted by atomic mass is 35.5. The molecule has 0 aromatic heterocycles. The van der Waals surface area contributed by atoms with Gasteiger partial charge in [0.25, 0.3) is 5.91 Å². The zero-order valence-electron chi connectivity index (χ0n) is 14.7. The van der Waals surface area contributed by atoms with Crippen LogP contribution in [0.4, 0.5) is 0 Å². The predicted octanol–water partition coefficient (Wildman–Crippen LogP) is 2.55. The van der Waals surface area contributed by atoms with Gasteiger partial charge in [-0.1, -0.05) is 32.4 Å². The lowest BCUT2D eigenvalue weighted by atomic mass is 9.75. The molecule has 0 bridgehead atoms. The predicted molar refractivity (Wildman–Crippen MR) is 91.3 cm³/mol. The zero-order chi connectivity index (χ0) is 17.5. The molecule has 0 aromatic carbocycles. The Bertz CT molecular complexity index is 421. The quantitative estimate of drug-likeness (QED) is 0.808. The van der Waals surface area contributed by atoms with Gasteiger partial charge in [-0.25, -0.2) is 0 Å². The van der Waals surface area contributed by atoms with Crippen molar-refractivity contribution in [2.75, 3.05) is 27.2 Å². The molecule has 0 unspecified atom stereocenters. The van der Waals surface area contributed by atoms with Crippen LogP contribution in [0.5, 0.6) is 0 Å². The lowest BCUT2D eigenvalue weighted by Gasteiger charge is -2.41. The third kappa shape index (κ3) is 4.63. The maximum atomic E-state index is 12.3. The molecule has 2 N–H and O–H groups in total. The minimum atomic E-state index is -0.352. The van der Waals surface area contributed by atoms with E-state index in [9.17, 15) is 9.59 Å². The molecule has 0 radical (unpaired) electrons. The average Bonchev–Trinajstić information content (AvgIpc) is 2.54. The van der Waals surface area contributed by atoms with Crippen molar-refractivity contribution in [1.29, 1.82) is 0 Å². The number of rotatable bonds is 3. The first-order valence-corrected chi connectivity index (χ1v) is 8.26. The molecular weight excluding hydrogens is 302 g/mol. The first kappa shape index (κ1) is 20.8. The fourth-order valence-corrected chi connectivity index (χ4v) is 2.73. The van der Waals surface area contributed by atoms with E-state index in [-0.39, 0.29) is 22.9 Å². The minimum absolute atomic E-state index is 0.0922. The largest absolute Gasteiger partial charge is 0.393 e. The van der Waals surface area contributed by atoms with E-state index in [1.54, 1.807) is 30.8 Å². The van der Waals surface area contributed by atoms with Crippen LogP contribution in [0.1, 0.15) is 47.0 Å². The van der Waals surface area contributed by atoms with E-state index in [2.05, 4.69) is 0 Å². The first-order valence-electron chi connectivity index (χ1n) is 7.88. The summed E-state index contributed by atoms with van der Waals surface area (Å²) < 4.78 is 0. The number of allylic oxidation sites excluding steroid dienone is 1. The van der Waals surface area contributed by atoms with Gasteiger partial charge in [0.15, 0.2) is 0 Å². The standard InChI is InChI=1S/C14H24ClN3O2.C2H6/c1-5-14(13(20)17(3)4)6-8-18(9-7-14)12(19)11(16)10(2)15;1-2/h5-9,16H2,1-4H3;1-2H3/b11-10+;. The van der Waals surface area contributed by atoms with Gasteiger partial charge in [-0.2, -0.15) is 0 Å². The molecule has 1 saturated heterocycles. The third-order valence-electron chi connectivity index (χ3n) is 4.15. The Morgan fingerprint density at radius 1 is 1.23 bits per heavy atom. The molecule has 1 aliphatic heterocycles. The molecule has 1 heterocycles. The number of hydrogen-bond donors (Lipinski definition) is 1. The highest BCUT2D eigenvalue weighted by Crippen LogP contribution is 2.36. The number of amides is 2. The van der Waals surface area contributed by atoms with Crippen molar-refractivity contribution in [3.63, 3.8) is 0 Å². The van der Waals surface area contributed by atoms with Crippen LogP contribution in [0.3, 0.4) is 0 Å². The van der Waals surface area contributed by atoms with Crippen molar-refractivity contribution in [3.05, 3.63) is 10.7 Å². The molecule has 0 aliphatic carbocycles. The van der Waals surface area contributed by atoms with Crippen LogP contribution >= 0.6 is 11.6 Å². The summed E-state index contributed by atoms with van der Waals surface area (Å²) in [5.41, 5.74) is 5.42. The normalized spacial score (nSPS) is 17.9. The molecule has 2 amide bonds. The Hall–Kier alpha value is -1.23. The van der Waals surface area contributed by atoms with Crippen LogP contribution < -0.4 is 5.73 Å². The topological polar surface area (TPSA) is 66.6 Å². The maximum Gasteiger partial charge on any atom is 0.270 e. The van der Waals surface area contributed by atoms with Crippen LogP contribution in [0, 0.1) is 5.41 Å². The van der Waals surface area contributed by atoms with Crippen LogP contribution in [0.2, 0.25) is 0 Å². The van der Waals surface area contributed by atoms with Gasteiger partial charge in [0.2, 0.25) is 5.91 Å². The number of nitrogens with zero attached hydrogens (tertiary/aromatic N) is 2. The summed E-state index contributed by atoms with van der Waals surface area (Å²) in [6.07, 6.45) is 2.12. The van der Waals surface area contributed by atoms with Crippen molar-refractivity contribution in [1.82, 2.24) is 9.80 Å². The number of hydrogen-bond acceptors (Lipinski definition) is 3. The monoisotopic (exact) mass is 331 g/mol. The van der Waals surface area contributed by atoms with Crippen molar-refractivity contribution in [3.8, 4) is 0 Å². The fourth-order valence-electron chi connectivity index (χ4n) is 2.65. The number of halogens is 1. The number of carbonyl (C=O) groups excluding carboxylic acids is 2. The van der Waals surface area contributed by atoms with Crippen LogP contribution in [0.15, 0.2) is 10.7 Å². The molecule has 0 atom stereocenters. The van der Waals surface area contributed by atoms with Gasteiger partial charge in [-0.05, 0) is 26.2 Å². The van der Waals surface area contributed by atoms with Crippen molar-refractivity contribution >= 4 is 23.4 Å². The molecule has 1 fully saturated rings. The van der Waals surface area contributed by atoms with Gasteiger partial charge in [-0.3, -0.25) is 9.59 Å². The molecule has 6 heteroatoms. The fraction of sp³-hybridized carbons (Fsp3) is 0.750. The molecule has 5 nitrogen and oxygen atoms in total. The second-order valence-corrected chi connectivity index (χ2v) is 6.14. The smallest absolute Gasteiger partial charge is 0.270 e. The molecule has 1 rings (SSSR count). The van der Waals surface area contributed by atoms with Gasteiger partial charge in [0.1, 0.15) is 5.70 Å². The number of nitrogens with two attached hydrogens (primary N) is 1. The van der Waals surface area contributed by atoms with Crippen molar-refractivity contribution in [2.45, 2.75) is 47.0 Å². The minimum Gasteiger partial charge on any atom is -0.393 e. The Morgan fingerprint density at radius 3 is 2.00 bits per heavy atom. The lowest BCUT2D eigenvalue weighted by molar-refractivity contribution is -0.145. The molecular formula is C16H30ClN3O2. The van der Waals surface area contributed by atoms with E-state index in [0.717, 1.165) is 6.42 Å². The summed E-state index contributed by atoms with van der Waals surface area (Å²) in [7, 11) is 3.55. The number of likely N-dealkylation sites (tertiary alicyclic amines) is 1. The molecule has 22 heavy (non-hydrogen) atoms. The SMILES string of the molecule is CC.CCC1(C(=O)N(C)C)CCN(C(=O)/C(N)=C(/C)Cl)CC1. The van der Waals surface area contributed by atoms with Crippen molar-refractivity contribution < 1.29 is 9.59 Å². The summed E-state index contributed by atoms with van der Waals surface area (Å²) in [6.45, 7) is 8.70. The number of piperidine rings is 1. The maximum absolute atomic E-state index is 12.3. The highest BCUT2D eigenvalue weighted by Gasteiger charge is 2.41. The summed E-state index contributed by atoms with van der Waals surface area (Å²) >= 11 is 5.76. The van der Waals surface area contributed by atoms with Crippen LogP contribution in [-0.4, -0.2) is 48.8 Å². The summed E-state index contributed by atoms with van der Waals surface area (Å²) in [5, 5.41) is 0.312. The molecule has 1 aliphatic rings. The van der Waals surface area contributed by atoms with Gasteiger partial charge in [-0.15, -0.1) is 0 Å². The van der Waals surface area contributed by atoms with Crippen molar-refractivity contribution in [2.24, 2.45) is 11.1 Å². The average molecular weight is 332 g/mol. The second-order valence-electron chi connectivity index (χ2n) is 5.57. The van der Waals surface area contributed by atoms with E-state index in [1.165, 1.54) is 0 Å². The molecule has 0 aromatic rings. The second kappa shape index (κ2) is 9.03. The van der Waals surface area contributed by atoms with Gasteiger partial charge < -0.3 is 15.5 Å².